The molecule has 106 valence electrons. The van der Waals surface area contributed by atoms with Gasteiger partial charge in [0.15, 0.2) is 0 Å². The van der Waals surface area contributed by atoms with Crippen molar-refractivity contribution in [1.82, 2.24) is 0 Å². The van der Waals surface area contributed by atoms with Gasteiger partial charge in [-0.05, 0) is 13.0 Å². The molecule has 0 spiro atoms. The first kappa shape index (κ1) is 13.0. The third-order valence-electron chi connectivity index (χ3n) is 3.56. The van der Waals surface area contributed by atoms with Crippen LogP contribution >= 0.6 is 0 Å². The van der Waals surface area contributed by atoms with Crippen molar-refractivity contribution in [3.63, 3.8) is 0 Å². The van der Waals surface area contributed by atoms with Crippen LogP contribution in [0.3, 0.4) is 0 Å². The molecule has 2 aromatic rings. The van der Waals surface area contributed by atoms with Crippen LogP contribution in [0, 0.1) is 6.92 Å². The zero-order valence-corrected chi connectivity index (χ0v) is 10.8. The number of hydrogen-bond donors (Lipinski definition) is 0. The highest BCUT2D eigenvalue weighted by Crippen LogP contribution is 2.43. The molecule has 1 aliphatic rings. The van der Waals surface area contributed by atoms with Gasteiger partial charge in [-0.25, -0.2) is 4.79 Å². The van der Waals surface area contributed by atoms with E-state index < -0.39 is 17.4 Å². The van der Waals surface area contributed by atoms with Gasteiger partial charge >= 0.3 is 11.8 Å². The lowest BCUT2D eigenvalue weighted by Crippen LogP contribution is -2.11. The van der Waals surface area contributed by atoms with Gasteiger partial charge < -0.3 is 9.15 Å². The first-order chi connectivity index (χ1) is 9.29. The first-order valence-corrected chi connectivity index (χ1v) is 6.10. The van der Waals surface area contributed by atoms with Gasteiger partial charge in [0.25, 0.3) is 0 Å². The van der Waals surface area contributed by atoms with Crippen molar-refractivity contribution in [3.05, 3.63) is 39.2 Å². The van der Waals surface area contributed by atoms with E-state index in [-0.39, 0.29) is 16.9 Å². The summed E-state index contributed by atoms with van der Waals surface area (Å²) in [5.74, 6) is 0.536. The number of halogens is 3. The second-order valence-corrected chi connectivity index (χ2v) is 4.99. The molecule has 2 heterocycles. The van der Waals surface area contributed by atoms with E-state index in [2.05, 4.69) is 0 Å². The first-order valence-electron chi connectivity index (χ1n) is 6.10. The summed E-state index contributed by atoms with van der Waals surface area (Å²) < 4.78 is 49.6. The highest BCUT2D eigenvalue weighted by Gasteiger charge is 2.35. The molecule has 0 fully saturated rings. The standard InChI is InChI=1S/C14H11F3O3/c1-6-5-19-12-7(2)13-9(3-8(6)12)10(14(15,16)17)4-11(18)20-13/h3-4,6H,5H2,1-2H3. The number of rotatable bonds is 0. The maximum atomic E-state index is 13.1. The Kier molecular flexibility index (Phi) is 2.61. The summed E-state index contributed by atoms with van der Waals surface area (Å²) >= 11 is 0. The van der Waals surface area contributed by atoms with E-state index in [1.54, 1.807) is 6.92 Å². The molecular formula is C14H11F3O3. The fraction of sp³-hybridized carbons (Fsp3) is 0.357. The summed E-state index contributed by atoms with van der Waals surface area (Å²) in [6.07, 6.45) is -4.60. The fourth-order valence-corrected chi connectivity index (χ4v) is 2.56. The topological polar surface area (TPSA) is 39.4 Å². The van der Waals surface area contributed by atoms with Gasteiger partial charge in [0.2, 0.25) is 0 Å². The lowest BCUT2D eigenvalue weighted by Gasteiger charge is -2.13. The minimum atomic E-state index is -4.60. The third-order valence-corrected chi connectivity index (χ3v) is 3.56. The molecule has 1 unspecified atom stereocenters. The van der Waals surface area contributed by atoms with E-state index in [0.29, 0.717) is 29.5 Å². The predicted octanol–water partition coefficient (Wildman–Crippen LogP) is 3.62. The molecule has 1 atom stereocenters. The molecular weight excluding hydrogens is 273 g/mol. The molecule has 3 nitrogen and oxygen atoms in total. The Balaban J connectivity index is 2.46. The lowest BCUT2D eigenvalue weighted by atomic mass is 9.96. The van der Waals surface area contributed by atoms with Gasteiger partial charge in [0, 0.05) is 28.5 Å². The molecule has 1 aromatic carbocycles. The summed E-state index contributed by atoms with van der Waals surface area (Å²) in [5.41, 5.74) is -0.884. The summed E-state index contributed by atoms with van der Waals surface area (Å²) in [6, 6.07) is 1.91. The van der Waals surface area contributed by atoms with E-state index in [0.717, 1.165) is 0 Å². The van der Waals surface area contributed by atoms with Gasteiger partial charge in [0.1, 0.15) is 11.3 Å². The van der Waals surface area contributed by atoms with E-state index in [1.807, 2.05) is 6.92 Å². The van der Waals surface area contributed by atoms with Crippen molar-refractivity contribution >= 4 is 11.0 Å². The highest BCUT2D eigenvalue weighted by atomic mass is 19.4. The Hall–Kier alpha value is -1.98. The zero-order valence-electron chi connectivity index (χ0n) is 10.8. The van der Waals surface area contributed by atoms with Crippen LogP contribution in [0.15, 0.2) is 21.3 Å². The minimum Gasteiger partial charge on any atom is -0.492 e. The van der Waals surface area contributed by atoms with E-state index in [1.165, 1.54) is 6.07 Å². The Labute approximate surface area is 112 Å². The number of fused-ring (bicyclic) bond motifs is 2. The molecule has 0 saturated carbocycles. The van der Waals surface area contributed by atoms with Crippen LogP contribution in [-0.4, -0.2) is 6.61 Å². The van der Waals surface area contributed by atoms with Crippen LogP contribution in [0.1, 0.15) is 29.5 Å². The van der Waals surface area contributed by atoms with Gasteiger partial charge in [-0.15, -0.1) is 0 Å². The molecule has 0 aliphatic carbocycles. The Bertz CT molecular complexity index is 759. The molecule has 1 aromatic heterocycles. The van der Waals surface area contributed by atoms with Crippen molar-refractivity contribution in [2.45, 2.75) is 25.9 Å². The van der Waals surface area contributed by atoms with Crippen molar-refractivity contribution in [2.75, 3.05) is 6.61 Å². The number of benzene rings is 1. The summed E-state index contributed by atoms with van der Waals surface area (Å²) in [6.45, 7) is 3.89. The second-order valence-electron chi connectivity index (χ2n) is 4.99. The second kappa shape index (κ2) is 4.01. The van der Waals surface area contributed by atoms with Gasteiger partial charge in [-0.2, -0.15) is 13.2 Å². The van der Waals surface area contributed by atoms with Crippen LogP contribution in [0.5, 0.6) is 5.75 Å². The van der Waals surface area contributed by atoms with E-state index in [9.17, 15) is 18.0 Å². The summed E-state index contributed by atoms with van der Waals surface area (Å²) in [7, 11) is 0. The highest BCUT2D eigenvalue weighted by molar-refractivity contribution is 5.87. The van der Waals surface area contributed by atoms with Gasteiger partial charge in [0.05, 0.1) is 12.2 Å². The number of aryl methyl sites for hydroxylation is 1. The third kappa shape index (κ3) is 1.78. The maximum Gasteiger partial charge on any atom is 0.417 e. The van der Waals surface area contributed by atoms with Crippen molar-refractivity contribution < 1.29 is 22.3 Å². The number of ether oxygens (including phenoxy) is 1. The zero-order chi connectivity index (χ0) is 14.7. The van der Waals surface area contributed by atoms with Crippen LogP contribution in [0.2, 0.25) is 0 Å². The maximum absolute atomic E-state index is 13.1. The van der Waals surface area contributed by atoms with Crippen LogP contribution < -0.4 is 10.4 Å². The normalized spacial score (nSPS) is 18.1. The van der Waals surface area contributed by atoms with Gasteiger partial charge in [-0.1, -0.05) is 6.92 Å². The SMILES string of the molecule is Cc1c2c(cc3c(C(F)(F)F)cc(=O)oc13)C(C)CO2. The smallest absolute Gasteiger partial charge is 0.417 e. The van der Waals surface area contributed by atoms with E-state index in [4.69, 9.17) is 9.15 Å². The molecule has 6 heteroatoms. The molecule has 0 saturated heterocycles. The van der Waals surface area contributed by atoms with Crippen LogP contribution in [-0.2, 0) is 6.18 Å². The van der Waals surface area contributed by atoms with Crippen molar-refractivity contribution in [3.8, 4) is 5.75 Å². The number of hydrogen-bond acceptors (Lipinski definition) is 3. The lowest BCUT2D eigenvalue weighted by molar-refractivity contribution is -0.136. The summed E-state index contributed by atoms with van der Waals surface area (Å²) in [5, 5.41) is -0.0919. The van der Waals surface area contributed by atoms with Crippen molar-refractivity contribution in [2.24, 2.45) is 0 Å². The fourth-order valence-electron chi connectivity index (χ4n) is 2.56. The largest absolute Gasteiger partial charge is 0.492 e. The van der Waals surface area contributed by atoms with Gasteiger partial charge in [-0.3, -0.25) is 0 Å². The Morgan fingerprint density at radius 2 is 2.00 bits per heavy atom. The average molecular weight is 284 g/mol. The summed E-state index contributed by atoms with van der Waals surface area (Å²) in [4.78, 5) is 11.4. The van der Waals surface area contributed by atoms with E-state index >= 15 is 0 Å². The molecule has 3 rings (SSSR count). The molecule has 20 heavy (non-hydrogen) atoms. The minimum absolute atomic E-state index is 0.0149. The van der Waals surface area contributed by atoms with Crippen LogP contribution in [0.25, 0.3) is 11.0 Å². The monoisotopic (exact) mass is 284 g/mol. The number of alkyl halides is 3. The Morgan fingerprint density at radius 3 is 2.65 bits per heavy atom. The average Bonchev–Trinajstić information content (AvgIpc) is 2.71. The molecule has 1 aliphatic heterocycles. The van der Waals surface area contributed by atoms with Crippen LogP contribution in [0.4, 0.5) is 13.2 Å². The molecule has 0 bridgehead atoms. The predicted molar refractivity (Wildman–Crippen MR) is 66.1 cm³/mol. The Morgan fingerprint density at radius 1 is 1.30 bits per heavy atom. The molecule has 0 N–H and O–H groups in total. The molecule has 0 amide bonds. The van der Waals surface area contributed by atoms with Crippen molar-refractivity contribution in [1.29, 1.82) is 0 Å². The molecule has 0 radical (unpaired) electrons. The quantitative estimate of drug-likeness (QED) is 0.694.